The van der Waals surface area contributed by atoms with Crippen LogP contribution >= 0.6 is 11.6 Å². The van der Waals surface area contributed by atoms with E-state index in [1.807, 2.05) is 0 Å². The van der Waals surface area contributed by atoms with E-state index in [0.29, 0.717) is 12.1 Å². The second-order valence-corrected chi connectivity index (χ2v) is 5.61. The van der Waals surface area contributed by atoms with E-state index in [0.717, 1.165) is 12.1 Å². The van der Waals surface area contributed by atoms with E-state index in [2.05, 4.69) is 5.32 Å². The second kappa shape index (κ2) is 8.21. The molecule has 0 radical (unpaired) electrons. The van der Waals surface area contributed by atoms with E-state index >= 15 is 0 Å². The zero-order valence-electron chi connectivity index (χ0n) is 13.3. The van der Waals surface area contributed by atoms with E-state index in [9.17, 15) is 32.5 Å². The van der Waals surface area contributed by atoms with Gasteiger partial charge < -0.3 is 10.1 Å². The Kier molecular flexibility index (Phi) is 6.21. The average molecular weight is 407 g/mol. The Morgan fingerprint density at radius 3 is 2.56 bits per heavy atom. The lowest BCUT2D eigenvalue weighted by Gasteiger charge is -2.11. The maximum Gasteiger partial charge on any atom is 0.416 e. The first kappa shape index (κ1) is 20.4. The fourth-order valence-corrected chi connectivity index (χ4v) is 2.27. The minimum atomic E-state index is -4.75. The summed E-state index contributed by atoms with van der Waals surface area (Å²) in [5.74, 6) is -1.59. The molecule has 0 heterocycles. The summed E-state index contributed by atoms with van der Waals surface area (Å²) >= 11 is 5.78. The first-order valence-electron chi connectivity index (χ1n) is 7.27. The molecule has 0 aliphatic carbocycles. The van der Waals surface area contributed by atoms with Crippen molar-refractivity contribution in [3.8, 4) is 0 Å². The molecule has 0 unspecified atom stereocenters. The van der Waals surface area contributed by atoms with Gasteiger partial charge in [-0.15, -0.1) is 0 Å². The molecule has 144 valence electrons. The monoisotopic (exact) mass is 406 g/mol. The van der Waals surface area contributed by atoms with Gasteiger partial charge in [0.05, 0.1) is 15.5 Å². The van der Waals surface area contributed by atoms with Crippen LogP contribution in [0.4, 0.5) is 28.9 Å². The molecule has 2 rings (SSSR count). The van der Waals surface area contributed by atoms with Gasteiger partial charge in [-0.05, 0) is 24.3 Å². The number of carbonyl (C=O) groups is 1. The molecule has 0 fully saturated rings. The molecule has 0 amide bonds. The van der Waals surface area contributed by atoms with Gasteiger partial charge in [-0.1, -0.05) is 17.7 Å². The normalized spacial score (nSPS) is 11.1. The molecule has 0 aliphatic heterocycles. The van der Waals surface area contributed by atoms with Gasteiger partial charge in [0.25, 0.3) is 5.69 Å². The molecule has 6 nitrogen and oxygen atoms in total. The lowest BCUT2D eigenvalue weighted by Crippen LogP contribution is -2.18. The molecule has 11 heteroatoms. The van der Waals surface area contributed by atoms with Gasteiger partial charge in [-0.3, -0.25) is 14.9 Å². The van der Waals surface area contributed by atoms with Crippen molar-refractivity contribution in [2.45, 2.75) is 12.8 Å². The SMILES string of the molecule is O=C(CNc1ccc(C(F)(F)F)cc1[N+](=O)[O-])OCc1c(F)cccc1Cl. The number of nitro groups is 1. The highest BCUT2D eigenvalue weighted by Gasteiger charge is 2.33. The number of halogens is 5. The van der Waals surface area contributed by atoms with Gasteiger partial charge in [0.2, 0.25) is 0 Å². The maximum absolute atomic E-state index is 13.6. The van der Waals surface area contributed by atoms with Crippen LogP contribution in [0.2, 0.25) is 5.02 Å². The van der Waals surface area contributed by atoms with Crippen molar-refractivity contribution in [3.05, 3.63) is 68.5 Å². The van der Waals surface area contributed by atoms with Crippen LogP contribution in [0, 0.1) is 15.9 Å². The van der Waals surface area contributed by atoms with E-state index in [-0.39, 0.29) is 16.3 Å². The molecule has 0 bridgehead atoms. The first-order chi connectivity index (χ1) is 12.6. The molecular formula is C16H11ClF4N2O4. The molecule has 0 spiro atoms. The highest BCUT2D eigenvalue weighted by molar-refractivity contribution is 6.31. The summed E-state index contributed by atoms with van der Waals surface area (Å²) in [4.78, 5) is 21.7. The minimum Gasteiger partial charge on any atom is -0.459 e. The number of ether oxygens (including phenoxy) is 1. The number of benzene rings is 2. The summed E-state index contributed by atoms with van der Waals surface area (Å²) in [7, 11) is 0. The standard InChI is InChI=1S/C16H11ClF4N2O4/c17-11-2-1-3-12(18)10(11)8-27-15(24)7-22-13-5-4-9(16(19,20)21)6-14(13)23(25)26/h1-6,22H,7-8H2. The van der Waals surface area contributed by atoms with Crippen molar-refractivity contribution in [1.82, 2.24) is 0 Å². The predicted octanol–water partition coefficient (Wildman–Crippen LogP) is 4.56. The topological polar surface area (TPSA) is 81.5 Å². The van der Waals surface area contributed by atoms with Crippen LogP contribution in [0.3, 0.4) is 0 Å². The third kappa shape index (κ3) is 5.30. The number of alkyl halides is 3. The van der Waals surface area contributed by atoms with Crippen LogP contribution in [-0.2, 0) is 22.3 Å². The van der Waals surface area contributed by atoms with Gasteiger partial charge in [0, 0.05) is 11.6 Å². The van der Waals surface area contributed by atoms with E-state index in [1.165, 1.54) is 12.1 Å². The molecule has 0 aliphatic rings. The lowest BCUT2D eigenvalue weighted by molar-refractivity contribution is -0.384. The smallest absolute Gasteiger partial charge is 0.416 e. The third-order valence-corrected chi connectivity index (χ3v) is 3.74. The molecule has 2 aromatic rings. The number of carbonyl (C=O) groups excluding carboxylic acids is 1. The zero-order chi connectivity index (χ0) is 20.2. The van der Waals surface area contributed by atoms with Crippen LogP contribution in [0.5, 0.6) is 0 Å². The van der Waals surface area contributed by atoms with Gasteiger partial charge in [-0.25, -0.2) is 4.39 Å². The van der Waals surface area contributed by atoms with Crippen molar-refractivity contribution in [2.75, 3.05) is 11.9 Å². The predicted molar refractivity (Wildman–Crippen MR) is 87.8 cm³/mol. The van der Waals surface area contributed by atoms with Crippen molar-refractivity contribution >= 4 is 28.9 Å². The highest BCUT2D eigenvalue weighted by atomic mass is 35.5. The fourth-order valence-electron chi connectivity index (χ4n) is 2.05. The lowest BCUT2D eigenvalue weighted by atomic mass is 10.1. The van der Waals surface area contributed by atoms with Crippen molar-refractivity contribution in [2.24, 2.45) is 0 Å². The highest BCUT2D eigenvalue weighted by Crippen LogP contribution is 2.34. The Morgan fingerprint density at radius 2 is 1.96 bits per heavy atom. The summed E-state index contributed by atoms with van der Waals surface area (Å²) < 4.78 is 56.3. The van der Waals surface area contributed by atoms with Crippen LogP contribution < -0.4 is 5.32 Å². The van der Waals surface area contributed by atoms with Gasteiger partial charge in [-0.2, -0.15) is 13.2 Å². The maximum atomic E-state index is 13.6. The van der Waals surface area contributed by atoms with Crippen LogP contribution in [0.25, 0.3) is 0 Å². The molecule has 1 N–H and O–H groups in total. The van der Waals surface area contributed by atoms with Crippen molar-refractivity contribution < 1.29 is 32.0 Å². The summed E-state index contributed by atoms with van der Waals surface area (Å²) in [5.41, 5.74) is -2.40. The van der Waals surface area contributed by atoms with Gasteiger partial charge in [0.1, 0.15) is 24.7 Å². The Morgan fingerprint density at radius 1 is 1.26 bits per heavy atom. The first-order valence-corrected chi connectivity index (χ1v) is 7.65. The Balaban J connectivity index is 2.03. The van der Waals surface area contributed by atoms with Crippen molar-refractivity contribution in [3.63, 3.8) is 0 Å². The molecule has 0 atom stereocenters. The summed E-state index contributed by atoms with van der Waals surface area (Å²) in [5, 5.41) is 13.3. The minimum absolute atomic E-state index is 0.0481. The Hall–Kier alpha value is -2.88. The number of hydrogen-bond donors (Lipinski definition) is 1. The quantitative estimate of drug-likeness (QED) is 0.329. The summed E-state index contributed by atoms with van der Waals surface area (Å²) in [6, 6.07) is 5.72. The van der Waals surface area contributed by atoms with E-state index in [4.69, 9.17) is 16.3 Å². The number of nitrogens with zero attached hydrogens (tertiary/aromatic N) is 1. The number of hydrogen-bond acceptors (Lipinski definition) is 5. The Bertz CT molecular complexity index is 854. The van der Waals surface area contributed by atoms with Crippen LogP contribution in [0.15, 0.2) is 36.4 Å². The second-order valence-electron chi connectivity index (χ2n) is 5.20. The number of nitro benzene ring substituents is 1. The van der Waals surface area contributed by atoms with Gasteiger partial charge in [0.15, 0.2) is 0 Å². The molecular weight excluding hydrogens is 396 g/mol. The largest absolute Gasteiger partial charge is 0.459 e. The average Bonchev–Trinajstić information content (AvgIpc) is 2.58. The van der Waals surface area contributed by atoms with Crippen molar-refractivity contribution in [1.29, 1.82) is 0 Å². The molecule has 2 aromatic carbocycles. The third-order valence-electron chi connectivity index (χ3n) is 3.38. The number of esters is 1. The molecule has 0 saturated carbocycles. The fraction of sp³-hybridized carbons (Fsp3) is 0.188. The number of nitrogens with one attached hydrogen (secondary N) is 1. The van der Waals surface area contributed by atoms with E-state index < -0.39 is 47.3 Å². The number of anilines is 1. The summed E-state index contributed by atoms with van der Waals surface area (Å²) in [6.07, 6.45) is -4.75. The molecule has 27 heavy (non-hydrogen) atoms. The Labute approximate surface area is 154 Å². The molecule has 0 saturated heterocycles. The van der Waals surface area contributed by atoms with Crippen LogP contribution in [-0.4, -0.2) is 17.4 Å². The summed E-state index contributed by atoms with van der Waals surface area (Å²) in [6.45, 7) is -1.06. The molecule has 0 aromatic heterocycles. The number of rotatable bonds is 6. The van der Waals surface area contributed by atoms with Crippen LogP contribution in [0.1, 0.15) is 11.1 Å². The van der Waals surface area contributed by atoms with Gasteiger partial charge >= 0.3 is 12.1 Å². The van der Waals surface area contributed by atoms with E-state index in [1.54, 1.807) is 0 Å². The zero-order valence-corrected chi connectivity index (χ0v) is 14.1.